The summed E-state index contributed by atoms with van der Waals surface area (Å²) in [5.74, 6) is 0.835. The minimum Gasteiger partial charge on any atom is -0.396 e. The van der Waals surface area contributed by atoms with Crippen molar-refractivity contribution >= 4 is 29.9 Å². The van der Waals surface area contributed by atoms with E-state index in [9.17, 15) is 5.11 Å². The highest BCUT2D eigenvalue weighted by Gasteiger charge is 2.34. The van der Waals surface area contributed by atoms with E-state index in [1.165, 1.54) is 5.56 Å². The van der Waals surface area contributed by atoms with Gasteiger partial charge in [-0.05, 0) is 45.1 Å². The Morgan fingerprint density at radius 3 is 2.45 bits per heavy atom. The number of hydrogen-bond donors (Lipinski definition) is 4. The molecule has 1 aromatic carbocycles. The standard InChI is InChI=1S/C24H42N4O2.HI/c1-5-24(6-2,28-20(4)21-11-9-8-10-12-21)18-27-22(25-7-3)26-17-23(13-15-29)14-16-30-19-23;/h8-12,20,28-29H,5-7,13-19H2,1-4H3,(H2,25,26,27);1H. The lowest BCUT2D eigenvalue weighted by atomic mass is 9.84. The van der Waals surface area contributed by atoms with Crippen LogP contribution < -0.4 is 16.0 Å². The Balaban J connectivity index is 0.00000480. The Labute approximate surface area is 206 Å². The van der Waals surface area contributed by atoms with Crippen molar-refractivity contribution in [2.24, 2.45) is 10.4 Å². The SMILES string of the molecule is CCNC(=NCC(CC)(CC)NC(C)c1ccccc1)NCC1(CCO)CCOC1.I. The summed E-state index contributed by atoms with van der Waals surface area (Å²) in [6.07, 6.45) is 3.74. The van der Waals surface area contributed by atoms with E-state index in [-0.39, 0.29) is 47.6 Å². The van der Waals surface area contributed by atoms with Crippen LogP contribution in [-0.4, -0.2) is 56.1 Å². The van der Waals surface area contributed by atoms with Crippen LogP contribution in [0.4, 0.5) is 0 Å². The van der Waals surface area contributed by atoms with Crippen LogP contribution in [0.1, 0.15) is 65.0 Å². The maximum atomic E-state index is 9.47. The maximum absolute atomic E-state index is 9.47. The van der Waals surface area contributed by atoms with Crippen LogP contribution in [0.15, 0.2) is 35.3 Å². The van der Waals surface area contributed by atoms with E-state index in [4.69, 9.17) is 9.73 Å². The summed E-state index contributed by atoms with van der Waals surface area (Å²) in [6.45, 7) is 12.7. The second-order valence-corrected chi connectivity index (χ2v) is 8.59. The van der Waals surface area contributed by atoms with Crippen LogP contribution in [0, 0.1) is 5.41 Å². The number of nitrogens with zero attached hydrogens (tertiary/aromatic N) is 1. The monoisotopic (exact) mass is 546 g/mol. The summed E-state index contributed by atoms with van der Waals surface area (Å²) in [7, 11) is 0. The third-order valence-corrected chi connectivity index (χ3v) is 6.52. The summed E-state index contributed by atoms with van der Waals surface area (Å²) in [4.78, 5) is 4.96. The van der Waals surface area contributed by atoms with E-state index in [0.29, 0.717) is 13.2 Å². The first-order chi connectivity index (χ1) is 14.5. The minimum atomic E-state index is -0.0587. The van der Waals surface area contributed by atoms with Crippen molar-refractivity contribution in [3.63, 3.8) is 0 Å². The van der Waals surface area contributed by atoms with Gasteiger partial charge in [-0.2, -0.15) is 0 Å². The summed E-state index contributed by atoms with van der Waals surface area (Å²) >= 11 is 0. The van der Waals surface area contributed by atoms with Crippen molar-refractivity contribution in [1.29, 1.82) is 0 Å². The molecule has 6 nitrogen and oxygen atoms in total. The predicted octanol–water partition coefficient (Wildman–Crippen LogP) is 3.86. The van der Waals surface area contributed by atoms with Crippen LogP contribution in [0.3, 0.4) is 0 Å². The van der Waals surface area contributed by atoms with E-state index < -0.39 is 0 Å². The van der Waals surface area contributed by atoms with Crippen LogP contribution in [0.5, 0.6) is 0 Å². The van der Waals surface area contributed by atoms with Gasteiger partial charge in [0.2, 0.25) is 0 Å². The number of benzene rings is 1. The number of hydrogen-bond acceptors (Lipinski definition) is 4. The zero-order valence-corrected chi connectivity index (χ0v) is 22.1. The number of aliphatic hydroxyl groups excluding tert-OH is 1. The number of guanidine groups is 1. The topological polar surface area (TPSA) is 77.9 Å². The highest BCUT2D eigenvalue weighted by atomic mass is 127. The fourth-order valence-electron chi connectivity index (χ4n) is 4.16. The molecule has 2 atom stereocenters. The molecule has 1 aromatic rings. The molecule has 0 radical (unpaired) electrons. The van der Waals surface area contributed by atoms with Gasteiger partial charge in [0.05, 0.1) is 13.2 Å². The lowest BCUT2D eigenvalue weighted by molar-refractivity contribution is 0.127. The first-order valence-corrected chi connectivity index (χ1v) is 11.6. The quantitative estimate of drug-likeness (QED) is 0.182. The van der Waals surface area contributed by atoms with Gasteiger partial charge in [-0.3, -0.25) is 4.99 Å². The fraction of sp³-hybridized carbons (Fsp3) is 0.708. The summed E-state index contributed by atoms with van der Waals surface area (Å²) < 4.78 is 5.62. The van der Waals surface area contributed by atoms with Gasteiger partial charge in [0, 0.05) is 43.3 Å². The molecule has 2 rings (SSSR count). The molecule has 1 aliphatic heterocycles. The number of halogens is 1. The predicted molar refractivity (Wildman–Crippen MR) is 140 cm³/mol. The third kappa shape index (κ3) is 8.51. The molecule has 0 amide bonds. The lowest BCUT2D eigenvalue weighted by Gasteiger charge is -2.35. The Morgan fingerprint density at radius 1 is 1.19 bits per heavy atom. The average molecular weight is 547 g/mol. The third-order valence-electron chi connectivity index (χ3n) is 6.52. The molecule has 2 unspecified atom stereocenters. The molecule has 1 heterocycles. The van der Waals surface area contributed by atoms with Crippen molar-refractivity contribution in [3.8, 4) is 0 Å². The summed E-state index contributed by atoms with van der Waals surface area (Å²) in [5.41, 5.74) is 1.24. The zero-order valence-electron chi connectivity index (χ0n) is 19.7. The van der Waals surface area contributed by atoms with E-state index in [2.05, 4.69) is 74.0 Å². The molecule has 0 spiro atoms. The van der Waals surface area contributed by atoms with Gasteiger partial charge in [-0.15, -0.1) is 24.0 Å². The molecule has 0 bridgehead atoms. The van der Waals surface area contributed by atoms with Crippen molar-refractivity contribution in [3.05, 3.63) is 35.9 Å². The van der Waals surface area contributed by atoms with E-state index >= 15 is 0 Å². The smallest absolute Gasteiger partial charge is 0.191 e. The number of aliphatic hydroxyl groups is 1. The molecule has 0 aromatic heterocycles. The molecule has 1 fully saturated rings. The van der Waals surface area contributed by atoms with Crippen molar-refractivity contribution in [1.82, 2.24) is 16.0 Å². The number of nitrogens with one attached hydrogen (secondary N) is 3. The molecule has 0 saturated carbocycles. The Kier molecular flexibility index (Phi) is 13.0. The molecular weight excluding hydrogens is 503 g/mol. The largest absolute Gasteiger partial charge is 0.396 e. The van der Waals surface area contributed by atoms with Gasteiger partial charge in [-0.1, -0.05) is 44.2 Å². The Bertz CT molecular complexity index is 632. The van der Waals surface area contributed by atoms with E-state index in [1.807, 2.05) is 0 Å². The summed E-state index contributed by atoms with van der Waals surface area (Å²) in [6, 6.07) is 10.8. The molecule has 178 valence electrons. The zero-order chi connectivity index (χ0) is 21.9. The maximum Gasteiger partial charge on any atom is 0.191 e. The van der Waals surface area contributed by atoms with E-state index in [0.717, 1.165) is 51.3 Å². The normalized spacial score (nSPS) is 20.2. The molecule has 0 aliphatic carbocycles. The van der Waals surface area contributed by atoms with Gasteiger partial charge >= 0.3 is 0 Å². The van der Waals surface area contributed by atoms with Crippen molar-refractivity contribution < 1.29 is 9.84 Å². The fourth-order valence-corrected chi connectivity index (χ4v) is 4.16. The van der Waals surface area contributed by atoms with Crippen LogP contribution in [0.25, 0.3) is 0 Å². The lowest BCUT2D eigenvalue weighted by Crippen LogP contribution is -2.50. The molecule has 4 N–H and O–H groups in total. The molecule has 7 heteroatoms. The van der Waals surface area contributed by atoms with E-state index in [1.54, 1.807) is 0 Å². The first kappa shape index (κ1) is 28.1. The second-order valence-electron chi connectivity index (χ2n) is 8.59. The highest BCUT2D eigenvalue weighted by molar-refractivity contribution is 14.0. The van der Waals surface area contributed by atoms with Gasteiger partial charge in [0.15, 0.2) is 5.96 Å². The number of rotatable bonds is 12. The molecule has 1 aliphatic rings. The van der Waals surface area contributed by atoms with Gasteiger partial charge in [0.1, 0.15) is 0 Å². The highest BCUT2D eigenvalue weighted by Crippen LogP contribution is 2.31. The van der Waals surface area contributed by atoms with Gasteiger partial charge < -0.3 is 25.8 Å². The Morgan fingerprint density at radius 2 is 1.90 bits per heavy atom. The Hall–Kier alpha value is -0.900. The van der Waals surface area contributed by atoms with Crippen molar-refractivity contribution in [2.75, 3.05) is 39.5 Å². The van der Waals surface area contributed by atoms with Crippen LogP contribution in [-0.2, 0) is 4.74 Å². The van der Waals surface area contributed by atoms with Crippen LogP contribution >= 0.6 is 24.0 Å². The van der Waals surface area contributed by atoms with Crippen molar-refractivity contribution in [2.45, 2.75) is 65.0 Å². The molecular formula is C24H43IN4O2. The second kappa shape index (κ2) is 14.3. The van der Waals surface area contributed by atoms with Gasteiger partial charge in [-0.25, -0.2) is 0 Å². The average Bonchev–Trinajstić information content (AvgIpc) is 3.24. The first-order valence-electron chi connectivity index (χ1n) is 11.6. The van der Waals surface area contributed by atoms with Gasteiger partial charge in [0.25, 0.3) is 0 Å². The number of aliphatic imine (C=N–C) groups is 1. The molecule has 1 saturated heterocycles. The minimum absolute atomic E-state index is 0. The molecule has 31 heavy (non-hydrogen) atoms. The van der Waals surface area contributed by atoms with Crippen LogP contribution in [0.2, 0.25) is 0 Å². The number of ether oxygens (including phenoxy) is 1. The summed E-state index contributed by atoms with van der Waals surface area (Å²) in [5, 5.41) is 20.2.